The third-order valence-corrected chi connectivity index (χ3v) is 10.7. The zero-order valence-electron chi connectivity index (χ0n) is 29.7. The Hall–Kier alpha value is -3.12. The second kappa shape index (κ2) is 17.7. The lowest BCUT2D eigenvalue weighted by Gasteiger charge is -2.20. The number of unbranched alkanes of at least 4 members (excludes halogenated alkanes) is 6. The maximum Gasteiger partial charge on any atom is -0.0233 e. The largest absolute Gasteiger partial charge is 0.0654 e. The van der Waals surface area contributed by atoms with Crippen molar-refractivity contribution in [1.29, 1.82) is 0 Å². The van der Waals surface area contributed by atoms with Crippen molar-refractivity contribution in [1.82, 2.24) is 0 Å². The van der Waals surface area contributed by atoms with Crippen LogP contribution in [0.2, 0.25) is 0 Å². The fraction of sp³-hybridized carbons (Fsp3) is 0.478. The fourth-order valence-corrected chi connectivity index (χ4v) is 7.08. The smallest absolute Gasteiger partial charge is 0.0233 e. The molecule has 0 amide bonds. The monoisotopic (exact) mass is 612 g/mol. The van der Waals surface area contributed by atoms with E-state index >= 15 is 0 Å². The van der Waals surface area contributed by atoms with Gasteiger partial charge in [-0.3, -0.25) is 0 Å². The molecule has 244 valence electrons. The molecule has 0 aromatic heterocycles. The van der Waals surface area contributed by atoms with E-state index in [0.29, 0.717) is 0 Å². The summed E-state index contributed by atoms with van der Waals surface area (Å²) in [5.74, 6) is 0. The molecule has 0 unspecified atom stereocenters. The minimum atomic E-state index is 1.28. The van der Waals surface area contributed by atoms with Crippen molar-refractivity contribution < 1.29 is 0 Å². The Kier molecular flexibility index (Phi) is 13.2. The van der Waals surface area contributed by atoms with Crippen LogP contribution in [0.5, 0.6) is 0 Å². The Morgan fingerprint density at radius 2 is 0.891 bits per heavy atom. The number of hydrogen-bond donors (Lipinski definition) is 0. The molecule has 0 radical (unpaired) electrons. The predicted octanol–water partition coefficient (Wildman–Crippen LogP) is 12.0. The first kappa shape index (κ1) is 34.2. The van der Waals surface area contributed by atoms with Crippen LogP contribution in [0.15, 0.2) is 72.8 Å². The fourth-order valence-electron chi connectivity index (χ4n) is 7.08. The second-order valence-corrected chi connectivity index (χ2v) is 14.3. The normalized spacial score (nSPS) is 13.8. The summed E-state index contributed by atoms with van der Waals surface area (Å²) in [7, 11) is 0. The van der Waals surface area contributed by atoms with Crippen molar-refractivity contribution in [3.63, 3.8) is 0 Å². The van der Waals surface area contributed by atoms with Gasteiger partial charge < -0.3 is 0 Å². The number of rotatable bonds is 10. The van der Waals surface area contributed by atoms with E-state index in [4.69, 9.17) is 0 Å². The van der Waals surface area contributed by atoms with Gasteiger partial charge in [-0.25, -0.2) is 0 Å². The number of hydrogen-bond acceptors (Lipinski definition) is 0. The van der Waals surface area contributed by atoms with Crippen LogP contribution in [0.25, 0.3) is 0 Å². The second-order valence-electron chi connectivity index (χ2n) is 14.3. The highest BCUT2D eigenvalue weighted by Crippen LogP contribution is 2.27. The van der Waals surface area contributed by atoms with Crippen LogP contribution in [0.1, 0.15) is 132 Å². The standard InChI is InChI=1S/C15H22.C13H18.2C9H10/c1-2-3-4-5-6-7-13-8-9-14-10-11-15(14)12-13;1-2-3-4-5-11-6-7-12-8-9-13(12)10-11;1-7-2-3-8-4-5-9(8)6-7;1-7-3-2-4-8-5-6-9(7)8/h8-9,12H,2-7,10-11H2,1H3;6-7,10H,2-5,8-9H2,1H3;2-3,6H,4-5H2,1H3;2-4H,5-6H2,1H3. The summed E-state index contributed by atoms with van der Waals surface area (Å²) in [5, 5.41) is 0. The average Bonchev–Trinajstić information content (AvgIpc) is 2.99. The maximum absolute atomic E-state index is 2.43. The molecular weight excluding hydrogens is 553 g/mol. The Bertz CT molecular complexity index is 1520. The molecule has 4 aromatic carbocycles. The van der Waals surface area contributed by atoms with E-state index in [9.17, 15) is 0 Å². The maximum atomic E-state index is 2.43. The third kappa shape index (κ3) is 9.70. The molecule has 0 heterocycles. The van der Waals surface area contributed by atoms with Gasteiger partial charge in [0.1, 0.15) is 0 Å². The molecule has 0 fully saturated rings. The molecule has 4 aliphatic carbocycles. The zero-order chi connectivity index (χ0) is 32.1. The molecule has 0 aliphatic heterocycles. The van der Waals surface area contributed by atoms with Crippen LogP contribution >= 0.6 is 0 Å². The zero-order valence-corrected chi connectivity index (χ0v) is 29.7. The molecule has 0 bridgehead atoms. The molecule has 4 aliphatic rings. The molecular formula is C46H60. The lowest BCUT2D eigenvalue weighted by molar-refractivity contribution is 0.631. The summed E-state index contributed by atoms with van der Waals surface area (Å²) in [6.45, 7) is 8.88. The summed E-state index contributed by atoms with van der Waals surface area (Å²) in [4.78, 5) is 0. The van der Waals surface area contributed by atoms with Gasteiger partial charge in [-0.2, -0.15) is 0 Å². The molecule has 0 N–H and O–H groups in total. The summed E-state index contributed by atoms with van der Waals surface area (Å²) < 4.78 is 0. The van der Waals surface area contributed by atoms with E-state index < -0.39 is 0 Å². The van der Waals surface area contributed by atoms with Crippen LogP contribution < -0.4 is 0 Å². The van der Waals surface area contributed by atoms with Gasteiger partial charge >= 0.3 is 0 Å². The summed E-state index contributed by atoms with van der Waals surface area (Å²) >= 11 is 0. The van der Waals surface area contributed by atoms with E-state index in [2.05, 4.69) is 100 Å². The van der Waals surface area contributed by atoms with Gasteiger partial charge in [-0.1, -0.05) is 131 Å². The molecule has 0 heteroatoms. The quantitative estimate of drug-likeness (QED) is 0.156. The predicted molar refractivity (Wildman–Crippen MR) is 201 cm³/mol. The average molecular weight is 613 g/mol. The molecule has 8 rings (SSSR count). The summed E-state index contributed by atoms with van der Waals surface area (Å²) in [6.07, 6.45) is 24.0. The van der Waals surface area contributed by atoms with Gasteiger partial charge in [0.15, 0.2) is 0 Å². The molecule has 0 saturated carbocycles. The molecule has 0 nitrogen and oxygen atoms in total. The van der Waals surface area contributed by atoms with E-state index in [0.717, 1.165) is 0 Å². The molecule has 0 spiro atoms. The van der Waals surface area contributed by atoms with Gasteiger partial charge in [0.2, 0.25) is 0 Å². The van der Waals surface area contributed by atoms with Crippen molar-refractivity contribution in [3.8, 4) is 0 Å². The van der Waals surface area contributed by atoms with Gasteiger partial charge in [0, 0.05) is 0 Å². The van der Waals surface area contributed by atoms with Crippen molar-refractivity contribution in [2.45, 2.75) is 143 Å². The number of fused-ring (bicyclic) bond motifs is 4. The molecule has 0 atom stereocenters. The lowest BCUT2D eigenvalue weighted by Crippen LogP contribution is -2.09. The minimum absolute atomic E-state index is 1.28. The van der Waals surface area contributed by atoms with E-state index in [-0.39, 0.29) is 0 Å². The number of aryl methyl sites for hydroxylation is 11. The van der Waals surface area contributed by atoms with Crippen LogP contribution in [0.3, 0.4) is 0 Å². The molecule has 0 saturated heterocycles. The Labute approximate surface area is 282 Å². The Morgan fingerprint density at radius 3 is 1.30 bits per heavy atom. The van der Waals surface area contributed by atoms with Gasteiger partial charge in [-0.15, -0.1) is 0 Å². The molecule has 4 aromatic rings. The van der Waals surface area contributed by atoms with Crippen LogP contribution in [0, 0.1) is 13.8 Å². The van der Waals surface area contributed by atoms with Crippen molar-refractivity contribution >= 4 is 0 Å². The molecule has 46 heavy (non-hydrogen) atoms. The Balaban J connectivity index is 0.000000123. The topological polar surface area (TPSA) is 0 Å². The first-order valence-corrected chi connectivity index (χ1v) is 18.9. The highest BCUT2D eigenvalue weighted by atomic mass is 14.2. The lowest BCUT2D eigenvalue weighted by atomic mass is 9.85. The first-order chi connectivity index (χ1) is 22.5. The van der Waals surface area contributed by atoms with E-state index in [1.165, 1.54) is 127 Å². The van der Waals surface area contributed by atoms with Crippen LogP contribution in [0.4, 0.5) is 0 Å². The summed E-state index contributed by atoms with van der Waals surface area (Å²) in [6, 6.07) is 27.4. The van der Waals surface area contributed by atoms with Gasteiger partial charge in [0.05, 0.1) is 0 Å². The van der Waals surface area contributed by atoms with Crippen molar-refractivity contribution in [2.75, 3.05) is 0 Å². The first-order valence-electron chi connectivity index (χ1n) is 18.9. The van der Waals surface area contributed by atoms with Gasteiger partial charge in [0.25, 0.3) is 0 Å². The highest BCUT2D eigenvalue weighted by Gasteiger charge is 2.14. The minimum Gasteiger partial charge on any atom is -0.0654 e. The van der Waals surface area contributed by atoms with Crippen molar-refractivity contribution in [3.05, 3.63) is 140 Å². The van der Waals surface area contributed by atoms with Crippen LogP contribution in [-0.2, 0) is 64.2 Å². The van der Waals surface area contributed by atoms with E-state index in [1.54, 1.807) is 55.6 Å². The van der Waals surface area contributed by atoms with Crippen LogP contribution in [-0.4, -0.2) is 0 Å². The summed E-state index contributed by atoms with van der Waals surface area (Å²) in [5.41, 5.74) is 18.6. The van der Waals surface area contributed by atoms with E-state index in [1.807, 2.05) is 0 Å². The Morgan fingerprint density at radius 1 is 0.413 bits per heavy atom. The van der Waals surface area contributed by atoms with Gasteiger partial charge in [-0.05, 0) is 152 Å². The van der Waals surface area contributed by atoms with Crippen molar-refractivity contribution in [2.24, 2.45) is 0 Å². The number of benzene rings is 4. The highest BCUT2D eigenvalue weighted by molar-refractivity contribution is 5.41. The SMILES string of the molecule is CCCCCCCc1ccc2c(c1)CC2.CCCCCc1ccc2c(c1)CC2.Cc1ccc2c(c1)CC2.Cc1cccc2c1CC2. The third-order valence-electron chi connectivity index (χ3n) is 10.7.